The van der Waals surface area contributed by atoms with Crippen molar-refractivity contribution in [3.05, 3.63) is 0 Å². The Labute approximate surface area is 76.3 Å². The van der Waals surface area contributed by atoms with E-state index in [1.807, 2.05) is 0 Å². The summed E-state index contributed by atoms with van der Waals surface area (Å²) in [4.78, 5) is 23.3. The van der Waals surface area contributed by atoms with Crippen LogP contribution in [0.25, 0.3) is 0 Å². The summed E-state index contributed by atoms with van der Waals surface area (Å²) < 4.78 is 4.67. The third-order valence-electron chi connectivity index (χ3n) is 1.82. The van der Waals surface area contributed by atoms with Crippen molar-refractivity contribution in [2.24, 2.45) is 0 Å². The van der Waals surface area contributed by atoms with Crippen LogP contribution in [0.4, 0.5) is 0 Å². The maximum absolute atomic E-state index is 11.1. The molecule has 5 nitrogen and oxygen atoms in total. The van der Waals surface area contributed by atoms with Gasteiger partial charge in [-0.15, -0.1) is 0 Å². The molecule has 0 aromatic rings. The van der Waals surface area contributed by atoms with E-state index in [9.17, 15) is 9.59 Å². The smallest absolute Gasteiger partial charge is 0.325 e. The van der Waals surface area contributed by atoms with E-state index in [0.29, 0.717) is 6.61 Å². The molecule has 74 valence electrons. The van der Waals surface area contributed by atoms with Gasteiger partial charge in [0.2, 0.25) is 5.91 Å². The van der Waals surface area contributed by atoms with Gasteiger partial charge >= 0.3 is 5.97 Å². The van der Waals surface area contributed by atoms with E-state index < -0.39 is 12.1 Å². The van der Waals surface area contributed by atoms with Crippen molar-refractivity contribution in [3.8, 4) is 0 Å². The van der Waals surface area contributed by atoms with Gasteiger partial charge in [-0.3, -0.25) is 9.59 Å². The Morgan fingerprint density at radius 3 is 2.92 bits per heavy atom. The Hall–Kier alpha value is -1.10. The summed E-state index contributed by atoms with van der Waals surface area (Å²) >= 11 is 0. The van der Waals surface area contributed by atoms with Crippen molar-refractivity contribution in [1.29, 1.82) is 0 Å². The first-order valence-corrected chi connectivity index (χ1v) is 4.25. The van der Waals surface area contributed by atoms with Gasteiger partial charge in [0.15, 0.2) is 0 Å². The molecule has 1 saturated heterocycles. The average molecular weight is 187 g/mol. The third-order valence-corrected chi connectivity index (χ3v) is 1.82. The molecule has 0 aliphatic carbocycles. The van der Waals surface area contributed by atoms with Gasteiger partial charge in [0.05, 0.1) is 19.1 Å². The van der Waals surface area contributed by atoms with Crippen molar-refractivity contribution in [2.75, 3.05) is 19.7 Å². The number of ether oxygens (including phenoxy) is 1. The average Bonchev–Trinajstić information content (AvgIpc) is 2.30. The molecule has 1 aliphatic heterocycles. The van der Waals surface area contributed by atoms with Crippen LogP contribution in [0.2, 0.25) is 0 Å². The molecule has 1 rings (SSSR count). The predicted molar refractivity (Wildman–Crippen MR) is 43.8 cm³/mol. The van der Waals surface area contributed by atoms with Crippen LogP contribution in [0.5, 0.6) is 0 Å². The van der Waals surface area contributed by atoms with Crippen LogP contribution < -0.4 is 0 Å². The molecule has 1 atom stereocenters. The molecule has 0 spiro atoms. The molecule has 5 heteroatoms. The van der Waals surface area contributed by atoms with Gasteiger partial charge in [0, 0.05) is 6.54 Å². The van der Waals surface area contributed by atoms with E-state index in [-0.39, 0.29) is 25.4 Å². The zero-order valence-electron chi connectivity index (χ0n) is 7.52. The van der Waals surface area contributed by atoms with Crippen molar-refractivity contribution < 1.29 is 19.4 Å². The van der Waals surface area contributed by atoms with Gasteiger partial charge in [-0.25, -0.2) is 0 Å². The monoisotopic (exact) mass is 187 g/mol. The highest BCUT2D eigenvalue weighted by molar-refractivity contribution is 5.84. The number of hydrogen-bond donors (Lipinski definition) is 1. The fourth-order valence-electron chi connectivity index (χ4n) is 1.27. The van der Waals surface area contributed by atoms with Gasteiger partial charge in [0.25, 0.3) is 0 Å². The lowest BCUT2D eigenvalue weighted by atomic mass is 10.3. The number of carbonyl (C=O) groups is 2. The van der Waals surface area contributed by atoms with Gasteiger partial charge < -0.3 is 14.7 Å². The van der Waals surface area contributed by atoms with Crippen molar-refractivity contribution in [3.63, 3.8) is 0 Å². The highest BCUT2D eigenvalue weighted by Crippen LogP contribution is 2.09. The molecule has 0 bridgehead atoms. The summed E-state index contributed by atoms with van der Waals surface area (Å²) in [5, 5.41) is 9.10. The molecule has 1 amide bonds. The first kappa shape index (κ1) is 9.98. The summed E-state index contributed by atoms with van der Waals surface area (Å²) in [5.41, 5.74) is 0. The second-order valence-electron chi connectivity index (χ2n) is 2.94. The number of rotatable bonds is 3. The Kier molecular flexibility index (Phi) is 3.25. The van der Waals surface area contributed by atoms with Gasteiger partial charge in [-0.2, -0.15) is 0 Å². The number of esters is 1. The van der Waals surface area contributed by atoms with E-state index in [4.69, 9.17) is 5.11 Å². The Balaban J connectivity index is 2.37. The first-order valence-electron chi connectivity index (χ1n) is 4.25. The van der Waals surface area contributed by atoms with E-state index in [1.165, 1.54) is 4.90 Å². The quantitative estimate of drug-likeness (QED) is 0.584. The lowest BCUT2D eigenvalue weighted by Gasteiger charge is -2.13. The molecular weight excluding hydrogens is 174 g/mol. The number of likely N-dealkylation sites (tertiary alicyclic amines) is 1. The molecule has 0 unspecified atom stereocenters. The molecule has 0 aromatic carbocycles. The number of amides is 1. The standard InChI is InChI=1S/C8H13NO4/c1-2-13-8(12)5-9-4-6(10)3-7(9)11/h6,10H,2-5H2,1H3/t6-/m1/s1. The van der Waals surface area contributed by atoms with Gasteiger partial charge in [-0.05, 0) is 6.92 Å². The number of hydrogen-bond acceptors (Lipinski definition) is 4. The summed E-state index contributed by atoms with van der Waals surface area (Å²) in [6.45, 7) is 2.20. The molecule has 1 aliphatic rings. The molecule has 1 heterocycles. The summed E-state index contributed by atoms with van der Waals surface area (Å²) in [5.74, 6) is -0.620. The van der Waals surface area contributed by atoms with Crippen LogP contribution in [0.1, 0.15) is 13.3 Å². The molecule has 1 fully saturated rings. The van der Waals surface area contributed by atoms with Crippen molar-refractivity contribution in [2.45, 2.75) is 19.4 Å². The molecule has 0 radical (unpaired) electrons. The van der Waals surface area contributed by atoms with E-state index in [0.717, 1.165) is 0 Å². The molecule has 0 saturated carbocycles. The van der Waals surface area contributed by atoms with E-state index in [2.05, 4.69) is 4.74 Å². The SMILES string of the molecule is CCOC(=O)CN1C[C@H](O)CC1=O. The summed E-state index contributed by atoms with van der Waals surface area (Å²) in [6, 6.07) is 0. The number of aliphatic hydroxyl groups excluding tert-OH is 1. The summed E-state index contributed by atoms with van der Waals surface area (Å²) in [7, 11) is 0. The van der Waals surface area contributed by atoms with Crippen LogP contribution >= 0.6 is 0 Å². The van der Waals surface area contributed by atoms with Crippen LogP contribution in [-0.2, 0) is 14.3 Å². The van der Waals surface area contributed by atoms with Crippen LogP contribution in [0, 0.1) is 0 Å². The zero-order valence-corrected chi connectivity index (χ0v) is 7.52. The number of carbonyl (C=O) groups excluding carboxylic acids is 2. The Morgan fingerprint density at radius 2 is 2.46 bits per heavy atom. The van der Waals surface area contributed by atoms with Crippen molar-refractivity contribution in [1.82, 2.24) is 4.90 Å². The highest BCUT2D eigenvalue weighted by Gasteiger charge is 2.29. The van der Waals surface area contributed by atoms with E-state index in [1.54, 1.807) is 6.92 Å². The molecule has 13 heavy (non-hydrogen) atoms. The molecule has 0 aromatic heterocycles. The van der Waals surface area contributed by atoms with Gasteiger partial charge in [0.1, 0.15) is 6.54 Å². The topological polar surface area (TPSA) is 66.8 Å². The predicted octanol–water partition coefficient (Wildman–Crippen LogP) is -0.857. The van der Waals surface area contributed by atoms with Crippen LogP contribution in [-0.4, -0.2) is 47.7 Å². The van der Waals surface area contributed by atoms with Crippen LogP contribution in [0.15, 0.2) is 0 Å². The number of aliphatic hydroxyl groups is 1. The van der Waals surface area contributed by atoms with Gasteiger partial charge in [-0.1, -0.05) is 0 Å². The lowest BCUT2D eigenvalue weighted by Crippen LogP contribution is -2.32. The number of nitrogens with zero attached hydrogens (tertiary/aromatic N) is 1. The fraction of sp³-hybridized carbons (Fsp3) is 0.750. The minimum Gasteiger partial charge on any atom is -0.465 e. The van der Waals surface area contributed by atoms with E-state index >= 15 is 0 Å². The molecular formula is C8H13NO4. The second-order valence-corrected chi connectivity index (χ2v) is 2.94. The third kappa shape index (κ3) is 2.69. The lowest BCUT2D eigenvalue weighted by molar-refractivity contribution is -0.147. The molecule has 1 N–H and O–H groups in total. The maximum atomic E-state index is 11.1. The fourth-order valence-corrected chi connectivity index (χ4v) is 1.27. The largest absolute Gasteiger partial charge is 0.465 e. The normalized spacial score (nSPS) is 22.2. The Bertz CT molecular complexity index is 216. The van der Waals surface area contributed by atoms with Crippen molar-refractivity contribution >= 4 is 11.9 Å². The Morgan fingerprint density at radius 1 is 1.77 bits per heavy atom. The van der Waals surface area contributed by atoms with Crippen LogP contribution in [0.3, 0.4) is 0 Å². The second kappa shape index (κ2) is 4.23. The minimum absolute atomic E-state index is 0.0519. The first-order chi connectivity index (χ1) is 6.13. The maximum Gasteiger partial charge on any atom is 0.325 e. The summed E-state index contributed by atoms with van der Waals surface area (Å²) in [6.07, 6.45) is -0.527. The zero-order chi connectivity index (χ0) is 9.84. The minimum atomic E-state index is -0.637. The highest BCUT2D eigenvalue weighted by atomic mass is 16.5. The number of β-amino-alcohol motifs (C(OH)–C–C–N with tert-alkyl or cyclic N) is 1.